The molecule has 1 rings (SSSR count). The average molecular weight is 201 g/mol. The van der Waals surface area contributed by atoms with Crippen LogP contribution in [0, 0.1) is 0 Å². The van der Waals surface area contributed by atoms with Crippen LogP contribution in [0.25, 0.3) is 0 Å². The summed E-state index contributed by atoms with van der Waals surface area (Å²) in [5.41, 5.74) is 2.19. The topological polar surface area (TPSA) is 67.6 Å². The molecule has 82 valence electrons. The third kappa shape index (κ3) is 2.67. The lowest BCUT2D eigenvalue weighted by Crippen LogP contribution is -2.52. The van der Waals surface area contributed by atoms with Crippen molar-refractivity contribution in [3.63, 3.8) is 0 Å². The van der Waals surface area contributed by atoms with E-state index in [0.717, 1.165) is 6.54 Å². The van der Waals surface area contributed by atoms with Gasteiger partial charge in [-0.05, 0) is 19.4 Å². The number of methoxy groups -OCH3 is 1. The predicted molar refractivity (Wildman–Crippen MR) is 53.4 cm³/mol. The van der Waals surface area contributed by atoms with Crippen LogP contribution in [0.3, 0.4) is 0 Å². The zero-order valence-electron chi connectivity index (χ0n) is 8.82. The van der Waals surface area contributed by atoms with E-state index in [1.165, 1.54) is 12.8 Å². The van der Waals surface area contributed by atoms with Gasteiger partial charge in [-0.3, -0.25) is 15.1 Å². The highest BCUT2D eigenvalue weighted by Crippen LogP contribution is 2.28. The molecule has 0 aromatic carbocycles. The van der Waals surface area contributed by atoms with E-state index in [0.29, 0.717) is 12.6 Å². The molecule has 0 radical (unpaired) electrons. The molecule has 1 atom stereocenters. The van der Waals surface area contributed by atoms with Crippen LogP contribution >= 0.6 is 0 Å². The highest BCUT2D eigenvalue weighted by atomic mass is 16.5. The van der Waals surface area contributed by atoms with Crippen molar-refractivity contribution in [2.24, 2.45) is 5.84 Å². The summed E-state index contributed by atoms with van der Waals surface area (Å²) in [5.74, 6) is 4.97. The Morgan fingerprint density at radius 2 is 2.36 bits per heavy atom. The van der Waals surface area contributed by atoms with Crippen molar-refractivity contribution in [1.29, 1.82) is 0 Å². The maximum Gasteiger partial charge on any atom is 0.253 e. The molecule has 0 aromatic rings. The SMILES string of the molecule is CCN(C1CC1)C(COC)C(=O)NN. The van der Waals surface area contributed by atoms with Crippen LogP contribution in [0.2, 0.25) is 0 Å². The summed E-state index contributed by atoms with van der Waals surface area (Å²) < 4.78 is 5.03. The molecule has 1 aliphatic rings. The Hall–Kier alpha value is -0.650. The van der Waals surface area contributed by atoms with Crippen LogP contribution in [0.5, 0.6) is 0 Å². The zero-order chi connectivity index (χ0) is 10.6. The molecule has 0 aliphatic heterocycles. The molecule has 1 amide bonds. The number of likely N-dealkylation sites (N-methyl/N-ethyl adjacent to an activating group) is 1. The van der Waals surface area contributed by atoms with Crippen molar-refractivity contribution < 1.29 is 9.53 Å². The minimum atomic E-state index is -0.248. The van der Waals surface area contributed by atoms with Crippen LogP contribution in [-0.4, -0.2) is 43.2 Å². The number of hydrazine groups is 1. The minimum Gasteiger partial charge on any atom is -0.383 e. The highest BCUT2D eigenvalue weighted by molar-refractivity contribution is 5.81. The number of hydrogen-bond donors (Lipinski definition) is 2. The molecule has 5 nitrogen and oxygen atoms in total. The van der Waals surface area contributed by atoms with Gasteiger partial charge >= 0.3 is 0 Å². The Morgan fingerprint density at radius 1 is 1.71 bits per heavy atom. The summed E-state index contributed by atoms with van der Waals surface area (Å²) in [6.45, 7) is 3.30. The molecule has 1 aliphatic carbocycles. The summed E-state index contributed by atoms with van der Waals surface area (Å²) in [6.07, 6.45) is 2.35. The molecule has 0 bridgehead atoms. The molecule has 0 heterocycles. The first-order chi connectivity index (χ1) is 6.74. The maximum atomic E-state index is 11.5. The second-order valence-corrected chi connectivity index (χ2v) is 3.54. The Bertz CT molecular complexity index is 194. The summed E-state index contributed by atoms with van der Waals surface area (Å²) in [7, 11) is 1.59. The fourth-order valence-electron chi connectivity index (χ4n) is 1.72. The van der Waals surface area contributed by atoms with E-state index in [-0.39, 0.29) is 11.9 Å². The van der Waals surface area contributed by atoms with E-state index in [9.17, 15) is 4.79 Å². The summed E-state index contributed by atoms with van der Waals surface area (Å²) >= 11 is 0. The number of ether oxygens (including phenoxy) is 1. The monoisotopic (exact) mass is 201 g/mol. The molecule has 3 N–H and O–H groups in total. The normalized spacial score (nSPS) is 18.3. The number of hydrogen-bond acceptors (Lipinski definition) is 4. The zero-order valence-corrected chi connectivity index (χ0v) is 8.82. The number of carbonyl (C=O) groups is 1. The summed E-state index contributed by atoms with van der Waals surface area (Å²) in [6, 6.07) is 0.292. The van der Waals surface area contributed by atoms with Crippen molar-refractivity contribution in [3.8, 4) is 0 Å². The molecular formula is C9H19N3O2. The van der Waals surface area contributed by atoms with Crippen LogP contribution in [-0.2, 0) is 9.53 Å². The van der Waals surface area contributed by atoms with Gasteiger partial charge in [0.25, 0.3) is 5.91 Å². The van der Waals surface area contributed by atoms with E-state index in [2.05, 4.69) is 10.3 Å². The van der Waals surface area contributed by atoms with Crippen molar-refractivity contribution in [2.45, 2.75) is 31.8 Å². The molecule has 1 fully saturated rings. The Morgan fingerprint density at radius 3 is 2.71 bits per heavy atom. The second kappa shape index (κ2) is 5.29. The number of nitrogens with two attached hydrogens (primary N) is 1. The lowest BCUT2D eigenvalue weighted by atomic mass is 10.2. The van der Waals surface area contributed by atoms with Gasteiger partial charge in [-0.1, -0.05) is 6.92 Å². The fourth-order valence-corrected chi connectivity index (χ4v) is 1.72. The average Bonchev–Trinajstić information content (AvgIpc) is 3.00. The molecule has 1 unspecified atom stereocenters. The summed E-state index contributed by atoms with van der Waals surface area (Å²) in [4.78, 5) is 13.6. The lowest BCUT2D eigenvalue weighted by Gasteiger charge is -2.28. The smallest absolute Gasteiger partial charge is 0.253 e. The van der Waals surface area contributed by atoms with Crippen molar-refractivity contribution in [1.82, 2.24) is 10.3 Å². The first kappa shape index (κ1) is 11.4. The number of rotatable bonds is 6. The maximum absolute atomic E-state index is 11.5. The van der Waals surface area contributed by atoms with Crippen molar-refractivity contribution in [2.75, 3.05) is 20.3 Å². The third-order valence-corrected chi connectivity index (χ3v) is 2.55. The van der Waals surface area contributed by atoms with Gasteiger partial charge < -0.3 is 4.74 Å². The Kier molecular flexibility index (Phi) is 4.31. The van der Waals surface area contributed by atoms with E-state index in [1.807, 2.05) is 6.92 Å². The molecule has 1 saturated carbocycles. The van der Waals surface area contributed by atoms with Crippen LogP contribution in [0.4, 0.5) is 0 Å². The van der Waals surface area contributed by atoms with Gasteiger partial charge in [0.15, 0.2) is 0 Å². The first-order valence-electron chi connectivity index (χ1n) is 4.99. The van der Waals surface area contributed by atoms with Crippen molar-refractivity contribution >= 4 is 5.91 Å². The van der Waals surface area contributed by atoms with E-state index in [4.69, 9.17) is 10.6 Å². The van der Waals surface area contributed by atoms with E-state index < -0.39 is 0 Å². The largest absolute Gasteiger partial charge is 0.383 e. The number of nitrogens with zero attached hydrogens (tertiary/aromatic N) is 1. The van der Waals surface area contributed by atoms with Crippen LogP contribution in [0.1, 0.15) is 19.8 Å². The summed E-state index contributed by atoms with van der Waals surface area (Å²) in [5, 5.41) is 0. The first-order valence-corrected chi connectivity index (χ1v) is 4.99. The molecule has 0 spiro atoms. The van der Waals surface area contributed by atoms with Gasteiger partial charge in [0.05, 0.1) is 6.61 Å². The van der Waals surface area contributed by atoms with Crippen LogP contribution in [0.15, 0.2) is 0 Å². The van der Waals surface area contributed by atoms with Gasteiger partial charge in [-0.15, -0.1) is 0 Å². The standard InChI is InChI=1S/C9H19N3O2/c1-3-12(7-4-5-7)8(6-14-2)9(13)11-10/h7-8H,3-6,10H2,1-2H3,(H,11,13). The van der Waals surface area contributed by atoms with Gasteiger partial charge in [0.1, 0.15) is 6.04 Å². The molecule has 5 heteroatoms. The number of carbonyl (C=O) groups excluding carboxylic acids is 1. The van der Waals surface area contributed by atoms with Gasteiger partial charge in [0.2, 0.25) is 0 Å². The Balaban J connectivity index is 2.57. The number of amides is 1. The van der Waals surface area contributed by atoms with E-state index in [1.54, 1.807) is 7.11 Å². The second-order valence-electron chi connectivity index (χ2n) is 3.54. The lowest BCUT2D eigenvalue weighted by molar-refractivity contribution is -0.128. The molecule has 14 heavy (non-hydrogen) atoms. The predicted octanol–water partition coefficient (Wildman–Crippen LogP) is -0.524. The Labute approximate surface area is 84.5 Å². The van der Waals surface area contributed by atoms with Gasteiger partial charge in [0, 0.05) is 13.2 Å². The van der Waals surface area contributed by atoms with Crippen LogP contribution < -0.4 is 11.3 Å². The van der Waals surface area contributed by atoms with Gasteiger partial charge in [-0.25, -0.2) is 5.84 Å². The number of nitrogens with one attached hydrogen (secondary N) is 1. The van der Waals surface area contributed by atoms with E-state index >= 15 is 0 Å². The molecule has 0 aromatic heterocycles. The highest BCUT2D eigenvalue weighted by Gasteiger charge is 2.35. The molecular weight excluding hydrogens is 182 g/mol. The third-order valence-electron chi connectivity index (χ3n) is 2.55. The van der Waals surface area contributed by atoms with Crippen molar-refractivity contribution in [3.05, 3.63) is 0 Å². The van der Waals surface area contributed by atoms with Gasteiger partial charge in [-0.2, -0.15) is 0 Å². The minimum absolute atomic E-state index is 0.166. The quantitative estimate of drug-likeness (QED) is 0.344. The fraction of sp³-hybridized carbons (Fsp3) is 0.889. The molecule has 0 saturated heterocycles.